The molecule has 1 aromatic heterocycles. The van der Waals surface area contributed by atoms with Crippen LogP contribution in [0.3, 0.4) is 0 Å². The van der Waals surface area contributed by atoms with Gasteiger partial charge < -0.3 is 15.4 Å². The maximum absolute atomic E-state index is 5.87. The summed E-state index contributed by atoms with van der Waals surface area (Å²) in [7, 11) is 0. The summed E-state index contributed by atoms with van der Waals surface area (Å²) in [6, 6.07) is 20.4. The predicted octanol–water partition coefficient (Wildman–Crippen LogP) is 4.38. The van der Waals surface area contributed by atoms with Gasteiger partial charge in [-0.3, -0.25) is 4.98 Å². The molecule has 0 radical (unpaired) electrons. The minimum Gasteiger partial charge on any atom is -0.494 e. The van der Waals surface area contributed by atoms with E-state index in [-0.39, 0.29) is 24.0 Å². The molecule has 0 aliphatic carbocycles. The second kappa shape index (κ2) is 12.2. The summed E-state index contributed by atoms with van der Waals surface area (Å²) in [5.41, 5.74) is 0.953. The van der Waals surface area contributed by atoms with Gasteiger partial charge in [0.15, 0.2) is 5.96 Å². The Morgan fingerprint density at radius 1 is 1.00 bits per heavy atom. The zero-order valence-electron chi connectivity index (χ0n) is 16.1. The molecular weight excluding hydrogens is 463 g/mol. The van der Waals surface area contributed by atoms with Gasteiger partial charge in [-0.15, -0.1) is 24.0 Å². The minimum atomic E-state index is 0. The van der Waals surface area contributed by atoms with Crippen LogP contribution in [0.15, 0.2) is 71.9 Å². The Hall–Kier alpha value is -2.35. The Balaban J connectivity index is 0.00000280. The van der Waals surface area contributed by atoms with E-state index < -0.39 is 0 Å². The molecule has 0 unspecified atom stereocenters. The molecule has 2 aromatic carbocycles. The highest BCUT2D eigenvalue weighted by Crippen LogP contribution is 2.20. The van der Waals surface area contributed by atoms with Crippen LogP contribution in [0.4, 0.5) is 0 Å². The number of rotatable bonds is 8. The molecule has 0 aliphatic heterocycles. The van der Waals surface area contributed by atoms with Crippen LogP contribution in [0, 0.1) is 0 Å². The number of nitrogens with zero attached hydrogens (tertiary/aromatic N) is 2. The van der Waals surface area contributed by atoms with Crippen LogP contribution in [-0.2, 0) is 6.54 Å². The largest absolute Gasteiger partial charge is 0.494 e. The molecule has 3 rings (SSSR count). The molecule has 0 amide bonds. The molecule has 3 aromatic rings. The normalized spacial score (nSPS) is 11.0. The first-order valence-electron chi connectivity index (χ1n) is 9.39. The fourth-order valence-electron chi connectivity index (χ4n) is 2.72. The molecule has 148 valence electrons. The lowest BCUT2D eigenvalue weighted by molar-refractivity contribution is 0.311. The highest BCUT2D eigenvalue weighted by Gasteiger charge is 2.00. The number of pyridine rings is 1. The molecule has 0 spiro atoms. The van der Waals surface area contributed by atoms with Crippen molar-refractivity contribution in [3.63, 3.8) is 0 Å². The first kappa shape index (κ1) is 21.9. The molecule has 0 saturated carbocycles. The van der Waals surface area contributed by atoms with Gasteiger partial charge in [0.05, 0.1) is 18.8 Å². The molecule has 0 atom stereocenters. The molecular formula is C22H27IN4O. The van der Waals surface area contributed by atoms with Crippen molar-refractivity contribution in [2.45, 2.75) is 19.9 Å². The predicted molar refractivity (Wildman–Crippen MR) is 127 cm³/mol. The smallest absolute Gasteiger partial charge is 0.191 e. The van der Waals surface area contributed by atoms with E-state index in [4.69, 9.17) is 4.74 Å². The van der Waals surface area contributed by atoms with Crippen molar-refractivity contribution in [1.82, 2.24) is 15.6 Å². The van der Waals surface area contributed by atoms with E-state index in [1.165, 1.54) is 10.8 Å². The third-order valence-electron chi connectivity index (χ3n) is 4.07. The van der Waals surface area contributed by atoms with Gasteiger partial charge in [0, 0.05) is 19.3 Å². The minimum absolute atomic E-state index is 0. The number of ether oxygens (including phenoxy) is 1. The van der Waals surface area contributed by atoms with Crippen LogP contribution in [0.1, 0.15) is 19.0 Å². The second-order valence-electron chi connectivity index (χ2n) is 6.15. The van der Waals surface area contributed by atoms with Crippen LogP contribution in [0.5, 0.6) is 5.75 Å². The van der Waals surface area contributed by atoms with Gasteiger partial charge in [0.25, 0.3) is 0 Å². The molecule has 5 nitrogen and oxygen atoms in total. The number of nitrogens with one attached hydrogen (secondary N) is 2. The fraction of sp³-hybridized carbons (Fsp3) is 0.273. The van der Waals surface area contributed by atoms with Crippen molar-refractivity contribution in [2.75, 3.05) is 19.7 Å². The topological polar surface area (TPSA) is 58.5 Å². The Morgan fingerprint density at radius 3 is 2.61 bits per heavy atom. The number of benzene rings is 2. The van der Waals surface area contributed by atoms with Crippen molar-refractivity contribution in [3.05, 3.63) is 72.6 Å². The number of hydrogen-bond acceptors (Lipinski definition) is 3. The van der Waals surface area contributed by atoms with Gasteiger partial charge in [0.1, 0.15) is 5.75 Å². The maximum Gasteiger partial charge on any atom is 0.191 e. The van der Waals surface area contributed by atoms with E-state index in [2.05, 4.69) is 51.8 Å². The number of aliphatic imine (C=N–C) groups is 1. The molecule has 6 heteroatoms. The van der Waals surface area contributed by atoms with Gasteiger partial charge in [-0.05, 0) is 48.4 Å². The van der Waals surface area contributed by atoms with Crippen LogP contribution < -0.4 is 15.4 Å². The van der Waals surface area contributed by atoms with Gasteiger partial charge in [-0.2, -0.15) is 0 Å². The number of hydrogen-bond donors (Lipinski definition) is 2. The summed E-state index contributed by atoms with van der Waals surface area (Å²) in [5, 5.41) is 9.02. The average molecular weight is 490 g/mol. The SMILES string of the molecule is CCNC(=NCc1ccccn1)NCCCOc1ccc2ccccc2c1.I. The lowest BCUT2D eigenvalue weighted by Crippen LogP contribution is -2.38. The number of aromatic nitrogens is 1. The zero-order chi connectivity index (χ0) is 18.7. The van der Waals surface area contributed by atoms with Crippen LogP contribution in [-0.4, -0.2) is 30.6 Å². The third kappa shape index (κ3) is 6.99. The first-order chi connectivity index (χ1) is 13.3. The lowest BCUT2D eigenvalue weighted by atomic mass is 10.1. The number of guanidine groups is 1. The quantitative estimate of drug-likeness (QED) is 0.213. The Labute approximate surface area is 183 Å². The number of fused-ring (bicyclic) bond motifs is 1. The van der Waals surface area contributed by atoms with Crippen LogP contribution in [0.25, 0.3) is 10.8 Å². The van der Waals surface area contributed by atoms with Crippen molar-refractivity contribution < 1.29 is 4.74 Å². The van der Waals surface area contributed by atoms with Crippen LogP contribution >= 0.6 is 24.0 Å². The summed E-state index contributed by atoms with van der Waals surface area (Å²) in [6.45, 7) is 4.89. The van der Waals surface area contributed by atoms with Crippen molar-refractivity contribution in [3.8, 4) is 5.75 Å². The average Bonchev–Trinajstić information content (AvgIpc) is 2.72. The molecule has 28 heavy (non-hydrogen) atoms. The number of halogens is 1. The van der Waals surface area contributed by atoms with Crippen LogP contribution in [0.2, 0.25) is 0 Å². The summed E-state index contributed by atoms with van der Waals surface area (Å²) in [4.78, 5) is 8.86. The summed E-state index contributed by atoms with van der Waals surface area (Å²) in [6.07, 6.45) is 2.68. The highest BCUT2D eigenvalue weighted by molar-refractivity contribution is 14.0. The van der Waals surface area contributed by atoms with E-state index >= 15 is 0 Å². The lowest BCUT2D eigenvalue weighted by Gasteiger charge is -2.12. The van der Waals surface area contributed by atoms with E-state index in [1.54, 1.807) is 6.20 Å². The van der Waals surface area contributed by atoms with Crippen molar-refractivity contribution in [2.24, 2.45) is 4.99 Å². The van der Waals surface area contributed by atoms with Gasteiger partial charge >= 0.3 is 0 Å². The fourth-order valence-corrected chi connectivity index (χ4v) is 2.72. The molecule has 0 aliphatic rings. The van der Waals surface area contributed by atoms with E-state index in [0.29, 0.717) is 13.2 Å². The first-order valence-corrected chi connectivity index (χ1v) is 9.39. The Kier molecular flexibility index (Phi) is 9.54. The zero-order valence-corrected chi connectivity index (χ0v) is 18.4. The standard InChI is InChI=1S/C22H26N4O.HI/c1-2-23-22(26-17-20-10-5-6-13-24-20)25-14-7-15-27-21-12-11-18-8-3-4-9-19(18)16-21;/h3-6,8-13,16H,2,7,14-15,17H2,1H3,(H2,23,25,26);1H. The van der Waals surface area contributed by atoms with E-state index in [0.717, 1.165) is 36.9 Å². The molecule has 0 fully saturated rings. The van der Waals surface area contributed by atoms with E-state index in [9.17, 15) is 0 Å². The monoisotopic (exact) mass is 490 g/mol. The van der Waals surface area contributed by atoms with Gasteiger partial charge in [0.2, 0.25) is 0 Å². The Morgan fingerprint density at radius 2 is 1.82 bits per heavy atom. The Bertz CT molecular complexity index is 871. The third-order valence-corrected chi connectivity index (χ3v) is 4.07. The molecule has 1 heterocycles. The van der Waals surface area contributed by atoms with Crippen molar-refractivity contribution >= 4 is 40.7 Å². The second-order valence-corrected chi connectivity index (χ2v) is 6.15. The van der Waals surface area contributed by atoms with Crippen molar-refractivity contribution in [1.29, 1.82) is 0 Å². The molecule has 0 saturated heterocycles. The molecule has 2 N–H and O–H groups in total. The summed E-state index contributed by atoms with van der Waals surface area (Å²) in [5.74, 6) is 1.71. The summed E-state index contributed by atoms with van der Waals surface area (Å²) >= 11 is 0. The molecule has 0 bridgehead atoms. The summed E-state index contributed by atoms with van der Waals surface area (Å²) < 4.78 is 5.87. The van der Waals surface area contributed by atoms with Gasteiger partial charge in [-0.1, -0.05) is 36.4 Å². The maximum atomic E-state index is 5.87. The highest BCUT2D eigenvalue weighted by atomic mass is 127. The van der Waals surface area contributed by atoms with Gasteiger partial charge in [-0.25, -0.2) is 4.99 Å². The van der Waals surface area contributed by atoms with E-state index in [1.807, 2.05) is 36.4 Å².